The molecule has 1 atom stereocenters. The van der Waals surface area contributed by atoms with Crippen LogP contribution in [-0.2, 0) is 6.54 Å². The lowest BCUT2D eigenvalue weighted by molar-refractivity contribution is 0.556. The molecule has 1 fully saturated rings. The minimum Gasteiger partial charge on any atom is -0.229 e. The second-order valence-corrected chi connectivity index (χ2v) is 6.66. The summed E-state index contributed by atoms with van der Waals surface area (Å²) in [6.07, 6.45) is 5.64. The zero-order valence-corrected chi connectivity index (χ0v) is 13.4. The number of benzene rings is 1. The number of aromatic nitrogens is 7. The van der Waals surface area contributed by atoms with E-state index < -0.39 is 0 Å². The molecule has 3 heterocycles. The van der Waals surface area contributed by atoms with Gasteiger partial charge in [0.25, 0.3) is 0 Å². The Labute approximate surface area is 139 Å². The van der Waals surface area contributed by atoms with Gasteiger partial charge in [-0.3, -0.25) is 0 Å². The first-order chi connectivity index (χ1) is 11.9. The fourth-order valence-corrected chi connectivity index (χ4v) is 3.44. The molecule has 0 N–H and O–H groups in total. The number of tetrazole rings is 1. The van der Waals surface area contributed by atoms with Gasteiger partial charge in [0, 0.05) is 12.5 Å². The Morgan fingerprint density at radius 2 is 1.83 bits per heavy atom. The minimum absolute atomic E-state index is 0.0997. The van der Waals surface area contributed by atoms with E-state index in [4.69, 9.17) is 10.1 Å². The van der Waals surface area contributed by atoms with Gasteiger partial charge in [0.2, 0.25) is 0 Å². The summed E-state index contributed by atoms with van der Waals surface area (Å²) in [6, 6.07) is 10.3. The third-order valence-corrected chi connectivity index (χ3v) is 4.89. The summed E-state index contributed by atoms with van der Waals surface area (Å²) in [5, 5.41) is 17.2. The molecule has 2 aliphatic rings. The third-order valence-electron chi connectivity index (χ3n) is 4.89. The van der Waals surface area contributed by atoms with Crippen LogP contribution in [0.5, 0.6) is 0 Å². The Bertz CT molecular complexity index is 847. The zero-order chi connectivity index (χ0) is 15.9. The summed E-state index contributed by atoms with van der Waals surface area (Å²) in [5.41, 5.74) is 1.05. The van der Waals surface area contributed by atoms with Crippen LogP contribution in [0.1, 0.15) is 61.4 Å². The van der Waals surface area contributed by atoms with Crippen LogP contribution in [0, 0.1) is 0 Å². The highest BCUT2D eigenvalue weighted by Crippen LogP contribution is 2.40. The van der Waals surface area contributed by atoms with Crippen molar-refractivity contribution in [3.63, 3.8) is 0 Å². The maximum Gasteiger partial charge on any atom is 0.161 e. The molecule has 1 aliphatic heterocycles. The van der Waals surface area contributed by atoms with Crippen molar-refractivity contribution in [1.29, 1.82) is 0 Å². The summed E-state index contributed by atoms with van der Waals surface area (Å²) in [5.74, 6) is 3.48. The van der Waals surface area contributed by atoms with E-state index >= 15 is 0 Å². The largest absolute Gasteiger partial charge is 0.229 e. The molecule has 0 unspecified atom stereocenters. The smallest absolute Gasteiger partial charge is 0.161 e. The maximum atomic E-state index is 4.94. The van der Waals surface area contributed by atoms with Crippen molar-refractivity contribution in [2.45, 2.75) is 50.5 Å². The van der Waals surface area contributed by atoms with Crippen LogP contribution >= 0.6 is 0 Å². The van der Waals surface area contributed by atoms with Gasteiger partial charge in [0.1, 0.15) is 5.82 Å². The van der Waals surface area contributed by atoms with E-state index in [1.54, 1.807) is 0 Å². The first-order valence-electron chi connectivity index (χ1n) is 8.68. The Kier molecular flexibility index (Phi) is 3.17. The standard InChI is InChI=1S/C17H19N7/c1-2-6-13(7-3-1)24-16(18-15(20-24)12-9-10-12)14-8-4-5-11-23-17(14)19-21-22-23/h1-3,6-7,12,14H,4-5,8-11H2/t14-/m1/s1. The molecular weight excluding hydrogens is 302 g/mol. The van der Waals surface area contributed by atoms with Crippen LogP contribution < -0.4 is 0 Å². The number of para-hydroxylation sites is 1. The summed E-state index contributed by atoms with van der Waals surface area (Å²) < 4.78 is 3.93. The van der Waals surface area contributed by atoms with E-state index in [0.717, 1.165) is 49.0 Å². The molecule has 0 spiro atoms. The second kappa shape index (κ2) is 5.51. The van der Waals surface area contributed by atoms with Crippen molar-refractivity contribution >= 4 is 0 Å². The Balaban J connectivity index is 1.65. The van der Waals surface area contributed by atoms with E-state index in [1.165, 1.54) is 12.8 Å². The monoisotopic (exact) mass is 321 g/mol. The fourth-order valence-electron chi connectivity index (χ4n) is 3.44. The summed E-state index contributed by atoms with van der Waals surface area (Å²) in [4.78, 5) is 4.94. The highest BCUT2D eigenvalue weighted by molar-refractivity contribution is 5.33. The van der Waals surface area contributed by atoms with E-state index in [9.17, 15) is 0 Å². The molecular formula is C17H19N7. The topological polar surface area (TPSA) is 74.3 Å². The van der Waals surface area contributed by atoms with Crippen LogP contribution in [0.4, 0.5) is 0 Å². The molecule has 3 aromatic rings. The number of rotatable bonds is 3. The zero-order valence-electron chi connectivity index (χ0n) is 13.4. The van der Waals surface area contributed by atoms with Gasteiger partial charge >= 0.3 is 0 Å². The molecule has 1 aliphatic carbocycles. The predicted octanol–water partition coefficient (Wildman–Crippen LogP) is 2.45. The molecule has 1 aromatic carbocycles. The first-order valence-corrected chi connectivity index (χ1v) is 8.68. The Morgan fingerprint density at radius 1 is 0.958 bits per heavy atom. The van der Waals surface area contributed by atoms with E-state index in [2.05, 4.69) is 27.7 Å². The lowest BCUT2D eigenvalue weighted by Gasteiger charge is -2.13. The van der Waals surface area contributed by atoms with Gasteiger partial charge in [-0.05, 0) is 48.2 Å². The van der Waals surface area contributed by atoms with Crippen LogP contribution in [0.15, 0.2) is 30.3 Å². The molecule has 7 nitrogen and oxygen atoms in total. The molecule has 0 saturated heterocycles. The van der Waals surface area contributed by atoms with Gasteiger partial charge in [0.15, 0.2) is 11.6 Å². The lowest BCUT2D eigenvalue weighted by Crippen LogP contribution is -2.14. The quantitative estimate of drug-likeness (QED) is 0.741. The molecule has 5 rings (SSSR count). The van der Waals surface area contributed by atoms with Gasteiger partial charge in [-0.2, -0.15) is 5.10 Å². The fraction of sp³-hybridized carbons (Fsp3) is 0.471. The molecule has 24 heavy (non-hydrogen) atoms. The molecule has 2 aromatic heterocycles. The normalized spacial score (nSPS) is 20.6. The van der Waals surface area contributed by atoms with Crippen molar-refractivity contribution in [2.75, 3.05) is 0 Å². The predicted molar refractivity (Wildman–Crippen MR) is 86.8 cm³/mol. The Hall–Kier alpha value is -2.57. The first kappa shape index (κ1) is 13.8. The number of hydrogen-bond donors (Lipinski definition) is 0. The van der Waals surface area contributed by atoms with Gasteiger partial charge in [0.05, 0.1) is 11.6 Å². The summed E-state index contributed by atoms with van der Waals surface area (Å²) in [6.45, 7) is 0.883. The maximum absolute atomic E-state index is 4.94. The van der Waals surface area contributed by atoms with Crippen LogP contribution in [0.3, 0.4) is 0 Å². The second-order valence-electron chi connectivity index (χ2n) is 6.66. The van der Waals surface area contributed by atoms with Gasteiger partial charge < -0.3 is 0 Å². The van der Waals surface area contributed by atoms with E-state index in [-0.39, 0.29) is 5.92 Å². The summed E-state index contributed by atoms with van der Waals surface area (Å²) >= 11 is 0. The van der Waals surface area contributed by atoms with Crippen LogP contribution in [0.25, 0.3) is 5.69 Å². The molecule has 7 heteroatoms. The SMILES string of the molecule is c1ccc(-n2nc(C3CC3)nc2[C@H]2CCCCn3nnnc32)cc1. The number of hydrogen-bond acceptors (Lipinski definition) is 5. The molecule has 0 amide bonds. The van der Waals surface area contributed by atoms with Crippen molar-refractivity contribution in [1.82, 2.24) is 35.0 Å². The average Bonchev–Trinajstić information content (AvgIpc) is 3.28. The van der Waals surface area contributed by atoms with Crippen LogP contribution in [0.2, 0.25) is 0 Å². The summed E-state index contributed by atoms with van der Waals surface area (Å²) in [7, 11) is 0. The number of aryl methyl sites for hydroxylation is 1. The molecule has 0 radical (unpaired) electrons. The van der Waals surface area contributed by atoms with Crippen molar-refractivity contribution in [3.8, 4) is 5.69 Å². The van der Waals surface area contributed by atoms with Crippen molar-refractivity contribution < 1.29 is 0 Å². The van der Waals surface area contributed by atoms with E-state index in [0.29, 0.717) is 5.92 Å². The van der Waals surface area contributed by atoms with E-state index in [1.807, 2.05) is 27.6 Å². The minimum atomic E-state index is 0.0997. The lowest BCUT2D eigenvalue weighted by atomic mass is 10.0. The van der Waals surface area contributed by atoms with Gasteiger partial charge in [-0.15, -0.1) is 5.10 Å². The van der Waals surface area contributed by atoms with Gasteiger partial charge in [-0.1, -0.05) is 24.6 Å². The molecule has 122 valence electrons. The number of nitrogens with zero attached hydrogens (tertiary/aromatic N) is 7. The highest BCUT2D eigenvalue weighted by Gasteiger charge is 2.33. The van der Waals surface area contributed by atoms with Crippen LogP contribution in [-0.4, -0.2) is 35.0 Å². The average molecular weight is 321 g/mol. The Morgan fingerprint density at radius 3 is 2.67 bits per heavy atom. The van der Waals surface area contributed by atoms with Crippen molar-refractivity contribution in [2.24, 2.45) is 0 Å². The van der Waals surface area contributed by atoms with Crippen molar-refractivity contribution in [3.05, 3.63) is 47.8 Å². The molecule has 1 saturated carbocycles. The molecule has 0 bridgehead atoms. The number of fused-ring (bicyclic) bond motifs is 1. The van der Waals surface area contributed by atoms with Gasteiger partial charge in [-0.25, -0.2) is 14.3 Å². The third kappa shape index (κ3) is 2.31. The highest BCUT2D eigenvalue weighted by atomic mass is 15.5.